The summed E-state index contributed by atoms with van der Waals surface area (Å²) in [5, 5.41) is 0. The number of rotatable bonds is 4. The molecule has 1 aliphatic carbocycles. The number of ether oxygens (including phenoxy) is 2. The molecule has 0 saturated carbocycles. The monoisotopic (exact) mass is 398 g/mol. The van der Waals surface area contributed by atoms with Crippen molar-refractivity contribution in [1.29, 1.82) is 0 Å². The van der Waals surface area contributed by atoms with E-state index in [1.807, 2.05) is 24.2 Å². The summed E-state index contributed by atoms with van der Waals surface area (Å²) in [6.45, 7) is 4.69. The van der Waals surface area contributed by atoms with Gasteiger partial charge >= 0.3 is 0 Å². The van der Waals surface area contributed by atoms with E-state index < -0.39 is 0 Å². The zero-order valence-electron chi connectivity index (χ0n) is 16.3. The summed E-state index contributed by atoms with van der Waals surface area (Å²) >= 11 is 1.69. The van der Waals surface area contributed by atoms with E-state index in [9.17, 15) is 4.79 Å². The van der Waals surface area contributed by atoms with Crippen LogP contribution in [-0.2, 0) is 28.9 Å². The number of carbonyl (C=O) groups excluding carboxylic acids is 1. The van der Waals surface area contributed by atoms with E-state index in [0.717, 1.165) is 41.7 Å². The molecule has 3 aliphatic rings. The predicted molar refractivity (Wildman–Crippen MR) is 108 cm³/mol. The Bertz CT molecular complexity index is 866. The lowest BCUT2D eigenvalue weighted by molar-refractivity contribution is -0.187. The number of thiophene rings is 1. The number of hydrogen-bond acceptors (Lipinski definition) is 5. The van der Waals surface area contributed by atoms with Crippen molar-refractivity contribution in [2.24, 2.45) is 0 Å². The zero-order valence-corrected chi connectivity index (χ0v) is 17.1. The van der Waals surface area contributed by atoms with Crippen molar-refractivity contribution in [3.8, 4) is 0 Å². The Kier molecular flexibility index (Phi) is 4.73. The van der Waals surface area contributed by atoms with E-state index in [2.05, 4.69) is 17.1 Å². The number of amides is 1. The second-order valence-corrected chi connectivity index (χ2v) is 9.54. The van der Waals surface area contributed by atoms with Crippen molar-refractivity contribution in [3.05, 3.63) is 51.0 Å². The van der Waals surface area contributed by atoms with Gasteiger partial charge in [-0.3, -0.25) is 9.78 Å². The summed E-state index contributed by atoms with van der Waals surface area (Å²) in [4.78, 5) is 21.3. The van der Waals surface area contributed by atoms with Crippen LogP contribution in [0.3, 0.4) is 0 Å². The maximum absolute atomic E-state index is 12.8. The molecule has 2 aromatic heterocycles. The van der Waals surface area contributed by atoms with E-state index in [4.69, 9.17) is 9.47 Å². The third kappa shape index (κ3) is 3.49. The number of pyridine rings is 1. The molecule has 2 aromatic rings. The molecule has 2 aliphatic heterocycles. The summed E-state index contributed by atoms with van der Waals surface area (Å²) < 4.78 is 12.3. The lowest BCUT2D eigenvalue weighted by atomic mass is 9.84. The Balaban J connectivity index is 1.16. The molecule has 0 unspecified atom stereocenters. The van der Waals surface area contributed by atoms with Crippen LogP contribution in [0.4, 0.5) is 0 Å². The summed E-state index contributed by atoms with van der Waals surface area (Å²) in [6.07, 6.45) is 9.16. The van der Waals surface area contributed by atoms with Crippen LogP contribution in [0.2, 0.25) is 0 Å². The van der Waals surface area contributed by atoms with Crippen LogP contribution in [0.25, 0.3) is 0 Å². The van der Waals surface area contributed by atoms with E-state index in [1.165, 1.54) is 16.9 Å². The smallest absolute Gasteiger partial charge is 0.264 e. The van der Waals surface area contributed by atoms with Crippen LogP contribution in [-0.4, -0.2) is 47.2 Å². The van der Waals surface area contributed by atoms with Gasteiger partial charge < -0.3 is 14.4 Å². The number of likely N-dealkylation sites (tertiary alicyclic amines) is 1. The first-order valence-electron chi connectivity index (χ1n) is 10.2. The van der Waals surface area contributed by atoms with Gasteiger partial charge in [0.25, 0.3) is 5.91 Å². The maximum atomic E-state index is 12.8. The second kappa shape index (κ2) is 7.25. The average molecular weight is 399 g/mol. The van der Waals surface area contributed by atoms with Crippen molar-refractivity contribution in [2.45, 2.75) is 57.3 Å². The Labute approximate surface area is 169 Å². The van der Waals surface area contributed by atoms with Crippen molar-refractivity contribution in [1.82, 2.24) is 9.88 Å². The second-order valence-electron chi connectivity index (χ2n) is 8.40. The molecule has 6 heteroatoms. The molecule has 2 saturated heterocycles. The molecule has 0 bridgehead atoms. The van der Waals surface area contributed by atoms with E-state index >= 15 is 0 Å². The molecule has 1 atom stereocenters. The van der Waals surface area contributed by atoms with Crippen molar-refractivity contribution < 1.29 is 14.3 Å². The normalized spacial score (nSPS) is 22.9. The van der Waals surface area contributed by atoms with E-state index in [1.54, 1.807) is 11.3 Å². The van der Waals surface area contributed by atoms with Gasteiger partial charge in [0.05, 0.1) is 30.7 Å². The largest absolute Gasteiger partial charge is 0.373 e. The van der Waals surface area contributed by atoms with Crippen molar-refractivity contribution in [3.63, 3.8) is 0 Å². The molecule has 1 spiro atoms. The van der Waals surface area contributed by atoms with Gasteiger partial charge in [-0.1, -0.05) is 6.07 Å². The van der Waals surface area contributed by atoms with Gasteiger partial charge in [-0.2, -0.15) is 0 Å². The van der Waals surface area contributed by atoms with E-state index in [0.29, 0.717) is 26.3 Å². The Morgan fingerprint density at radius 2 is 2.25 bits per heavy atom. The lowest BCUT2D eigenvalue weighted by Crippen LogP contribution is -2.67. The summed E-state index contributed by atoms with van der Waals surface area (Å²) in [7, 11) is 0. The number of fused-ring (bicyclic) bond motifs is 1. The highest BCUT2D eigenvalue weighted by atomic mass is 32.1. The molecule has 148 valence electrons. The quantitative estimate of drug-likeness (QED) is 0.791. The first-order chi connectivity index (χ1) is 13.6. The number of aryl methyl sites for hydroxylation is 3. The molecule has 2 fully saturated rings. The summed E-state index contributed by atoms with van der Waals surface area (Å²) in [5.41, 5.74) is 3.43. The lowest BCUT2D eigenvalue weighted by Gasteiger charge is -2.52. The summed E-state index contributed by atoms with van der Waals surface area (Å²) in [6, 6.07) is 4.23. The molecular weight excluding hydrogens is 372 g/mol. The fourth-order valence-electron chi connectivity index (χ4n) is 4.64. The minimum Gasteiger partial charge on any atom is -0.373 e. The topological polar surface area (TPSA) is 51.7 Å². The fourth-order valence-corrected chi connectivity index (χ4v) is 5.86. The van der Waals surface area contributed by atoms with Crippen LogP contribution >= 0.6 is 11.3 Å². The molecule has 0 radical (unpaired) electrons. The van der Waals surface area contributed by atoms with Gasteiger partial charge in [-0.05, 0) is 55.4 Å². The zero-order chi connectivity index (χ0) is 19.1. The number of nitrogens with zero attached hydrogens (tertiary/aromatic N) is 2. The minimum absolute atomic E-state index is 0.169. The highest BCUT2D eigenvalue weighted by Gasteiger charge is 2.50. The van der Waals surface area contributed by atoms with Crippen LogP contribution < -0.4 is 0 Å². The van der Waals surface area contributed by atoms with Crippen LogP contribution in [0.15, 0.2) is 24.5 Å². The summed E-state index contributed by atoms with van der Waals surface area (Å²) in [5.74, 6) is 0.169. The molecule has 0 aromatic carbocycles. The van der Waals surface area contributed by atoms with Crippen LogP contribution in [0, 0.1) is 6.92 Å². The highest BCUT2D eigenvalue weighted by molar-refractivity contribution is 7.14. The van der Waals surface area contributed by atoms with Gasteiger partial charge in [0.1, 0.15) is 5.60 Å². The molecule has 4 heterocycles. The molecule has 5 nitrogen and oxygen atoms in total. The Morgan fingerprint density at radius 1 is 1.36 bits per heavy atom. The molecular formula is C22H26N2O3S. The molecule has 0 N–H and O–H groups in total. The van der Waals surface area contributed by atoms with Gasteiger partial charge in [0.2, 0.25) is 0 Å². The standard InChI is InChI=1S/C22H26N2O3S/c1-15-7-16(11-23-10-15)12-26-18-5-6-27-22(9-18)13-24(14-22)21(25)20-8-17-3-2-4-19(17)28-20/h7-8,10-11,18H,2-6,9,12-14H2,1H3/t18-/m0/s1. The molecule has 5 rings (SSSR count). The van der Waals surface area contributed by atoms with Gasteiger partial charge in [0, 0.05) is 30.3 Å². The number of aromatic nitrogens is 1. The maximum Gasteiger partial charge on any atom is 0.264 e. The van der Waals surface area contributed by atoms with E-state index in [-0.39, 0.29) is 17.6 Å². The van der Waals surface area contributed by atoms with Crippen LogP contribution in [0.5, 0.6) is 0 Å². The van der Waals surface area contributed by atoms with Crippen LogP contribution in [0.1, 0.15) is 50.5 Å². The van der Waals surface area contributed by atoms with Gasteiger partial charge in [0.15, 0.2) is 0 Å². The van der Waals surface area contributed by atoms with Gasteiger partial charge in [-0.25, -0.2) is 0 Å². The molecule has 1 amide bonds. The SMILES string of the molecule is Cc1cncc(CO[C@H]2CCOC3(C2)CN(C(=O)c2cc4c(s2)CCC4)C3)c1. The highest BCUT2D eigenvalue weighted by Crippen LogP contribution is 2.38. The Morgan fingerprint density at radius 3 is 3.07 bits per heavy atom. The predicted octanol–water partition coefficient (Wildman–Crippen LogP) is 3.53. The third-order valence-corrected chi connectivity index (χ3v) is 7.29. The third-order valence-electron chi connectivity index (χ3n) is 6.07. The first kappa shape index (κ1) is 18.3. The Hall–Kier alpha value is -1.76. The van der Waals surface area contributed by atoms with Crippen molar-refractivity contribution in [2.75, 3.05) is 19.7 Å². The number of hydrogen-bond donors (Lipinski definition) is 0. The minimum atomic E-state index is -0.219. The first-order valence-corrected chi connectivity index (χ1v) is 11.0. The molecule has 28 heavy (non-hydrogen) atoms. The average Bonchev–Trinajstić information content (AvgIpc) is 3.26. The fraction of sp³-hybridized carbons (Fsp3) is 0.545. The van der Waals surface area contributed by atoms with Gasteiger partial charge in [-0.15, -0.1) is 11.3 Å². The van der Waals surface area contributed by atoms with Crippen molar-refractivity contribution >= 4 is 17.2 Å². The number of carbonyl (C=O) groups is 1.